The molecule has 10 aromatic rings. The summed E-state index contributed by atoms with van der Waals surface area (Å²) in [5.74, 6) is 7.44. The third kappa shape index (κ3) is 7.80. The Balaban J connectivity index is 0.000000181. The molecule has 0 spiro atoms. The molecule has 1 radical (unpaired) electrons. The minimum absolute atomic E-state index is 0. The zero-order valence-corrected chi connectivity index (χ0v) is 38.5. The van der Waals surface area contributed by atoms with Gasteiger partial charge >= 0.3 is 145 Å². The van der Waals surface area contributed by atoms with E-state index < -0.39 is 31.9 Å². The van der Waals surface area contributed by atoms with Crippen molar-refractivity contribution in [1.29, 1.82) is 0 Å². The second-order valence-electron chi connectivity index (χ2n) is 16.7. The van der Waals surface area contributed by atoms with Crippen molar-refractivity contribution in [3.63, 3.8) is 0 Å². The Kier molecular flexibility index (Phi) is 9.18. The number of aromatic nitrogens is 4. The zero-order chi connectivity index (χ0) is 44.6. The van der Waals surface area contributed by atoms with Gasteiger partial charge in [-0.3, -0.25) is 4.98 Å². The first-order chi connectivity index (χ1) is 29.8. The van der Waals surface area contributed by atoms with Crippen molar-refractivity contribution in [3.05, 3.63) is 150 Å². The Bertz CT molecular complexity index is 3360. The van der Waals surface area contributed by atoms with Crippen LogP contribution in [0.4, 0.5) is 0 Å². The molecular formula is C51H46GeIrN4O2-2. The Hall–Kier alpha value is -5.34. The first kappa shape index (κ1) is 34.5. The molecule has 0 amide bonds. The Labute approximate surface area is 368 Å². The van der Waals surface area contributed by atoms with Gasteiger partial charge in [0.15, 0.2) is 5.58 Å². The van der Waals surface area contributed by atoms with Crippen molar-refractivity contribution in [3.8, 4) is 28.3 Å². The smallest absolute Gasteiger partial charge is 0 e. The van der Waals surface area contributed by atoms with Gasteiger partial charge in [-0.2, -0.15) is 0 Å². The number of hydrogen-bond acceptors (Lipinski definition) is 5. The van der Waals surface area contributed by atoms with Crippen LogP contribution in [0.3, 0.4) is 0 Å². The van der Waals surface area contributed by atoms with E-state index in [1.807, 2.05) is 94.6 Å². The van der Waals surface area contributed by atoms with Crippen molar-refractivity contribution in [2.75, 3.05) is 0 Å². The number of furan rings is 2. The number of rotatable bonds is 5. The van der Waals surface area contributed by atoms with Crippen molar-refractivity contribution >= 4 is 72.7 Å². The summed E-state index contributed by atoms with van der Waals surface area (Å²) in [4.78, 5) is 14.3. The monoisotopic (exact) mass is 1020 g/mol. The molecule has 10 rings (SSSR count). The average molecular weight is 1020 g/mol. The molecule has 0 aliphatic carbocycles. The van der Waals surface area contributed by atoms with E-state index in [0.717, 1.165) is 76.5 Å². The molecule has 59 heavy (non-hydrogen) atoms. The van der Waals surface area contributed by atoms with Gasteiger partial charge in [0.05, 0.1) is 28.1 Å². The number of hydrogen-bond donors (Lipinski definition) is 0. The largest absolute Gasteiger partial charge is 0 e. The molecule has 6 nitrogen and oxygen atoms in total. The second kappa shape index (κ2) is 15.7. The van der Waals surface area contributed by atoms with E-state index in [0.29, 0.717) is 22.5 Å². The average Bonchev–Trinajstić information content (AvgIpc) is 3.94. The Morgan fingerprint density at radius 1 is 0.797 bits per heavy atom. The Morgan fingerprint density at radius 2 is 1.58 bits per heavy atom. The third-order valence-electron chi connectivity index (χ3n) is 10.2. The molecule has 0 saturated heterocycles. The van der Waals surface area contributed by atoms with Gasteiger partial charge in [-0.15, -0.1) is 18.2 Å². The van der Waals surface area contributed by atoms with Crippen LogP contribution < -0.4 is 4.40 Å². The molecule has 0 atom stereocenters. The molecule has 0 saturated carbocycles. The van der Waals surface area contributed by atoms with E-state index in [1.165, 1.54) is 6.07 Å². The van der Waals surface area contributed by atoms with Crippen LogP contribution >= 0.6 is 0 Å². The number of nitrogens with zero attached hydrogens (tertiary/aromatic N) is 4. The molecule has 0 N–H and O–H groups in total. The molecule has 5 aromatic heterocycles. The molecule has 5 aromatic carbocycles. The molecule has 0 aliphatic heterocycles. The summed E-state index contributed by atoms with van der Waals surface area (Å²) < 4.78 is 56.0. The minimum Gasteiger partial charge on any atom is 0 e. The summed E-state index contributed by atoms with van der Waals surface area (Å²) in [6, 6.07) is 43.5. The first-order valence-electron chi connectivity index (χ1n) is 21.9. The van der Waals surface area contributed by atoms with Gasteiger partial charge in [0.25, 0.3) is 0 Å². The number of aryl methyl sites for hydroxylation is 2. The van der Waals surface area contributed by atoms with Crippen LogP contribution in [0.1, 0.15) is 44.4 Å². The third-order valence-corrected chi connectivity index (χ3v) is 14.4. The molecular weight excluding hydrogens is 965 g/mol. The van der Waals surface area contributed by atoms with Crippen LogP contribution in [-0.4, -0.2) is 32.8 Å². The summed E-state index contributed by atoms with van der Waals surface area (Å²) in [5, 5.41) is 4.13. The first-order valence-corrected chi connectivity index (χ1v) is 26.8. The number of imidazole rings is 1. The van der Waals surface area contributed by atoms with Crippen LogP contribution in [-0.2, 0) is 26.5 Å². The molecule has 0 bridgehead atoms. The van der Waals surface area contributed by atoms with Gasteiger partial charge in [0.2, 0.25) is 5.71 Å². The predicted octanol–water partition coefficient (Wildman–Crippen LogP) is 13.0. The van der Waals surface area contributed by atoms with Gasteiger partial charge < -0.3 is 13.4 Å². The van der Waals surface area contributed by atoms with Gasteiger partial charge in [-0.05, 0) is 43.3 Å². The Morgan fingerprint density at radius 3 is 2.36 bits per heavy atom. The maximum absolute atomic E-state index is 8.80. The van der Waals surface area contributed by atoms with Gasteiger partial charge in [0.1, 0.15) is 5.58 Å². The predicted molar refractivity (Wildman–Crippen MR) is 242 cm³/mol. The van der Waals surface area contributed by atoms with Crippen molar-refractivity contribution in [2.45, 2.75) is 58.2 Å². The summed E-state index contributed by atoms with van der Waals surface area (Å²) >= 11 is -2.36. The standard InChI is InChI=1S/C31H18N3O2.C20H28GeN.Ir/c1-18-16-17-22-21-9-6-11-23(28(21)36-31(22)32-18)30-33-24-12-3-4-13-25(24)34(30)26-14-7-10-20-19-8-2-5-15-27(19)35-29(20)26;1-15-8-10-16(11-9-15)19-12-17(13-20(2,3)4)18(14-22-19)21(5,6)7;/h2-10,12-17H,1H3;8-10,12,14H,13H2,1-7H3;/q2*-1;/i;1D3,13D2;. The SMILES string of the molecule is Cc1ccc2c(n1)oc1c(-c3nc4ccccc4n3-c3cccc4c3oc3ccccc34)[c-]ccc12.[2H]C([2H])([2H])c1c[c-]c(-c2cc(C([2H])([2H])C(C)(C)C)[c]([Ge]([CH3])([CH3])[CH3])cn2)cc1.[Ir]. The number of benzene rings is 5. The fraction of sp³-hybridized carbons (Fsp3) is 0.196. The molecule has 297 valence electrons. The summed E-state index contributed by atoms with van der Waals surface area (Å²) in [5.41, 5.74) is 9.15. The van der Waals surface area contributed by atoms with Crippen LogP contribution in [0, 0.1) is 31.3 Å². The normalized spacial score (nSPS) is 13.7. The van der Waals surface area contributed by atoms with E-state index in [-0.39, 0.29) is 25.7 Å². The quantitative estimate of drug-likeness (QED) is 0.127. The summed E-state index contributed by atoms with van der Waals surface area (Å²) in [6.45, 7) is 5.52. The topological polar surface area (TPSA) is 69.9 Å². The molecule has 0 unspecified atom stereocenters. The van der Waals surface area contributed by atoms with E-state index in [9.17, 15) is 0 Å². The van der Waals surface area contributed by atoms with E-state index in [1.54, 1.807) is 12.1 Å². The van der Waals surface area contributed by atoms with E-state index >= 15 is 0 Å². The van der Waals surface area contributed by atoms with Gasteiger partial charge in [-0.25, -0.2) is 4.98 Å². The van der Waals surface area contributed by atoms with Crippen LogP contribution in [0.15, 0.2) is 130 Å². The maximum atomic E-state index is 8.80. The van der Waals surface area contributed by atoms with Crippen molar-refractivity contribution in [2.24, 2.45) is 5.41 Å². The van der Waals surface area contributed by atoms with Gasteiger partial charge in [-0.1, -0.05) is 53.4 Å². The van der Waals surface area contributed by atoms with Gasteiger partial charge in [0, 0.05) is 42.0 Å². The fourth-order valence-corrected chi connectivity index (χ4v) is 10.4. The van der Waals surface area contributed by atoms with Crippen LogP contribution in [0.2, 0.25) is 17.3 Å². The zero-order valence-electron chi connectivity index (χ0n) is 39.0. The second-order valence-corrected chi connectivity index (χ2v) is 27.3. The summed E-state index contributed by atoms with van der Waals surface area (Å²) in [6.07, 6.45) is 0.303. The van der Waals surface area contributed by atoms with Crippen molar-refractivity contribution in [1.82, 2.24) is 19.5 Å². The molecule has 8 heteroatoms. The number of para-hydroxylation sites is 4. The number of fused-ring (bicyclic) bond motifs is 7. The molecule has 5 heterocycles. The van der Waals surface area contributed by atoms with Crippen LogP contribution in [0.25, 0.3) is 83.4 Å². The fourth-order valence-electron chi connectivity index (χ4n) is 7.52. The molecule has 0 aliphatic rings. The number of pyridine rings is 2. The van der Waals surface area contributed by atoms with Crippen molar-refractivity contribution < 1.29 is 35.8 Å². The van der Waals surface area contributed by atoms with E-state index in [4.69, 9.17) is 20.7 Å². The molecule has 0 fully saturated rings. The minimum atomic E-state index is -2.36. The maximum Gasteiger partial charge on any atom is 0 e. The van der Waals surface area contributed by atoms with Crippen LogP contribution in [0.5, 0.6) is 0 Å². The summed E-state index contributed by atoms with van der Waals surface area (Å²) in [7, 11) is 0. The van der Waals surface area contributed by atoms with E-state index in [2.05, 4.69) is 80.3 Å².